The van der Waals surface area contributed by atoms with Crippen LogP contribution in [0.5, 0.6) is 0 Å². The van der Waals surface area contributed by atoms with Gasteiger partial charge in [-0.1, -0.05) is 43.2 Å². The third-order valence-electron chi connectivity index (χ3n) is 3.88. The number of nitrogens with one attached hydrogen (secondary N) is 1. The average Bonchev–Trinajstić information content (AvgIpc) is 2.93. The molecule has 0 bridgehead atoms. The average molecular weight is 261 g/mol. The molecule has 2 atom stereocenters. The van der Waals surface area contributed by atoms with Crippen molar-refractivity contribution in [3.05, 3.63) is 35.9 Å². The van der Waals surface area contributed by atoms with Crippen molar-refractivity contribution in [2.24, 2.45) is 5.92 Å². The van der Waals surface area contributed by atoms with Crippen molar-refractivity contribution in [3.63, 3.8) is 0 Å². The fraction of sp³-hybridized carbons (Fsp3) is 0.562. The zero-order valence-corrected chi connectivity index (χ0v) is 11.5. The van der Waals surface area contributed by atoms with Gasteiger partial charge in [0.25, 0.3) is 0 Å². The molecule has 0 aliphatic heterocycles. The Labute approximate surface area is 115 Å². The zero-order valence-electron chi connectivity index (χ0n) is 11.5. The minimum Gasteiger partial charge on any atom is -0.388 e. The van der Waals surface area contributed by atoms with Crippen LogP contribution >= 0.6 is 0 Å². The number of hydrogen-bond acceptors (Lipinski definition) is 2. The van der Waals surface area contributed by atoms with Crippen LogP contribution in [0.3, 0.4) is 0 Å². The van der Waals surface area contributed by atoms with Gasteiger partial charge >= 0.3 is 0 Å². The van der Waals surface area contributed by atoms with Gasteiger partial charge in [-0.25, -0.2) is 0 Å². The number of benzene rings is 1. The van der Waals surface area contributed by atoms with Gasteiger partial charge in [0.1, 0.15) is 0 Å². The largest absolute Gasteiger partial charge is 0.388 e. The third kappa shape index (κ3) is 4.06. The van der Waals surface area contributed by atoms with Gasteiger partial charge in [0, 0.05) is 12.0 Å². The first-order valence-electron chi connectivity index (χ1n) is 7.20. The predicted octanol–water partition coefficient (Wildman–Crippen LogP) is 2.81. The summed E-state index contributed by atoms with van der Waals surface area (Å²) >= 11 is 0. The van der Waals surface area contributed by atoms with E-state index in [1.165, 1.54) is 12.8 Å². The van der Waals surface area contributed by atoms with Crippen LogP contribution in [0.4, 0.5) is 0 Å². The molecule has 1 aromatic carbocycles. The Morgan fingerprint density at radius 2 is 1.95 bits per heavy atom. The maximum absolute atomic E-state index is 12.0. The summed E-state index contributed by atoms with van der Waals surface area (Å²) in [6.45, 7) is 1.96. The molecule has 0 spiro atoms. The molecule has 2 unspecified atom stereocenters. The quantitative estimate of drug-likeness (QED) is 0.856. The smallest absolute Gasteiger partial charge is 0.223 e. The van der Waals surface area contributed by atoms with Crippen LogP contribution in [-0.2, 0) is 4.79 Å². The molecule has 3 heteroatoms. The fourth-order valence-electron chi connectivity index (χ4n) is 2.75. The van der Waals surface area contributed by atoms with Gasteiger partial charge in [-0.15, -0.1) is 0 Å². The maximum atomic E-state index is 12.0. The minimum atomic E-state index is -0.514. The molecule has 1 aromatic rings. The second kappa shape index (κ2) is 6.71. The summed E-state index contributed by atoms with van der Waals surface area (Å²) in [5, 5.41) is 13.1. The van der Waals surface area contributed by atoms with Gasteiger partial charge in [0.2, 0.25) is 5.91 Å². The van der Waals surface area contributed by atoms with Crippen molar-refractivity contribution in [3.8, 4) is 0 Å². The molecule has 1 fully saturated rings. The monoisotopic (exact) mass is 261 g/mol. The summed E-state index contributed by atoms with van der Waals surface area (Å²) < 4.78 is 0. The van der Waals surface area contributed by atoms with Crippen LogP contribution in [0.15, 0.2) is 30.3 Å². The Kier molecular flexibility index (Phi) is 4.97. The summed E-state index contributed by atoms with van der Waals surface area (Å²) in [6.07, 6.45) is 4.40. The topological polar surface area (TPSA) is 49.3 Å². The third-order valence-corrected chi connectivity index (χ3v) is 3.88. The molecule has 1 aliphatic rings. The molecule has 19 heavy (non-hydrogen) atoms. The van der Waals surface area contributed by atoms with E-state index in [1.807, 2.05) is 37.3 Å². The molecular formula is C16H23NO2. The highest BCUT2D eigenvalue weighted by Crippen LogP contribution is 2.25. The summed E-state index contributed by atoms with van der Waals surface area (Å²) in [7, 11) is 0. The molecule has 0 radical (unpaired) electrons. The highest BCUT2D eigenvalue weighted by atomic mass is 16.3. The number of aliphatic hydroxyl groups excluding tert-OH is 1. The van der Waals surface area contributed by atoms with Crippen LogP contribution in [0.1, 0.15) is 50.7 Å². The summed E-state index contributed by atoms with van der Waals surface area (Å²) in [5.74, 6) is 0.349. The normalized spacial score (nSPS) is 19.1. The summed E-state index contributed by atoms with van der Waals surface area (Å²) in [5.41, 5.74) is 0.907. The second-order valence-corrected chi connectivity index (χ2v) is 5.55. The molecule has 1 saturated carbocycles. The summed E-state index contributed by atoms with van der Waals surface area (Å²) in [6, 6.07) is 9.59. The molecule has 3 nitrogen and oxygen atoms in total. The van der Waals surface area contributed by atoms with Gasteiger partial charge < -0.3 is 10.4 Å². The Balaban J connectivity index is 1.80. The van der Waals surface area contributed by atoms with E-state index in [4.69, 9.17) is 0 Å². The van der Waals surface area contributed by atoms with Gasteiger partial charge in [0.05, 0.1) is 6.10 Å². The SMILES string of the molecule is CC(CC(O)c1ccccc1)NC(=O)C1CCCC1. The van der Waals surface area contributed by atoms with Crippen molar-refractivity contribution in [2.45, 2.75) is 51.2 Å². The second-order valence-electron chi connectivity index (χ2n) is 5.55. The number of carbonyl (C=O) groups is 1. The molecule has 1 amide bonds. The first-order valence-corrected chi connectivity index (χ1v) is 7.20. The van der Waals surface area contributed by atoms with E-state index in [0.29, 0.717) is 6.42 Å². The molecule has 0 aromatic heterocycles. The van der Waals surface area contributed by atoms with E-state index in [2.05, 4.69) is 5.32 Å². The van der Waals surface area contributed by atoms with Gasteiger partial charge in [0.15, 0.2) is 0 Å². The van der Waals surface area contributed by atoms with E-state index >= 15 is 0 Å². The molecule has 0 heterocycles. The lowest BCUT2D eigenvalue weighted by Gasteiger charge is -2.20. The lowest BCUT2D eigenvalue weighted by Crippen LogP contribution is -2.37. The Morgan fingerprint density at radius 1 is 1.32 bits per heavy atom. The van der Waals surface area contributed by atoms with Crippen LogP contribution in [0.25, 0.3) is 0 Å². The molecule has 0 saturated heterocycles. The standard InChI is InChI=1S/C16H23NO2/c1-12(17-16(19)14-9-5-6-10-14)11-15(18)13-7-3-2-4-8-13/h2-4,7-8,12,14-15,18H,5-6,9-11H2,1H3,(H,17,19). The van der Waals surface area contributed by atoms with Gasteiger partial charge in [-0.3, -0.25) is 4.79 Å². The number of rotatable bonds is 5. The molecule has 104 valence electrons. The van der Waals surface area contributed by atoms with E-state index in [1.54, 1.807) is 0 Å². The lowest BCUT2D eigenvalue weighted by atomic mass is 10.0. The zero-order chi connectivity index (χ0) is 13.7. The van der Waals surface area contributed by atoms with E-state index in [9.17, 15) is 9.90 Å². The molecule has 2 N–H and O–H groups in total. The maximum Gasteiger partial charge on any atom is 0.223 e. The van der Waals surface area contributed by atoms with Crippen LogP contribution < -0.4 is 5.32 Å². The predicted molar refractivity (Wildman–Crippen MR) is 75.6 cm³/mol. The first kappa shape index (κ1) is 14.1. The highest BCUT2D eigenvalue weighted by Gasteiger charge is 2.24. The molecule has 2 rings (SSSR count). The summed E-state index contributed by atoms with van der Waals surface area (Å²) in [4.78, 5) is 12.0. The van der Waals surface area contributed by atoms with Gasteiger partial charge in [-0.05, 0) is 31.7 Å². The van der Waals surface area contributed by atoms with Crippen LogP contribution in [0.2, 0.25) is 0 Å². The number of hydrogen-bond donors (Lipinski definition) is 2. The van der Waals surface area contributed by atoms with Crippen molar-refractivity contribution in [1.82, 2.24) is 5.32 Å². The molecule has 1 aliphatic carbocycles. The van der Waals surface area contributed by atoms with E-state index < -0.39 is 6.10 Å². The van der Waals surface area contributed by atoms with Crippen molar-refractivity contribution < 1.29 is 9.90 Å². The van der Waals surface area contributed by atoms with Gasteiger partial charge in [-0.2, -0.15) is 0 Å². The molecular weight excluding hydrogens is 238 g/mol. The highest BCUT2D eigenvalue weighted by molar-refractivity contribution is 5.79. The van der Waals surface area contributed by atoms with Crippen molar-refractivity contribution in [2.75, 3.05) is 0 Å². The van der Waals surface area contributed by atoms with Crippen molar-refractivity contribution >= 4 is 5.91 Å². The number of carbonyl (C=O) groups excluding carboxylic acids is 1. The van der Waals surface area contributed by atoms with Crippen LogP contribution in [-0.4, -0.2) is 17.1 Å². The minimum absolute atomic E-state index is 0.00306. The van der Waals surface area contributed by atoms with Crippen molar-refractivity contribution in [1.29, 1.82) is 0 Å². The van der Waals surface area contributed by atoms with Crippen LogP contribution in [0, 0.1) is 5.92 Å². The first-order chi connectivity index (χ1) is 9.16. The lowest BCUT2D eigenvalue weighted by molar-refractivity contribution is -0.125. The number of amides is 1. The Hall–Kier alpha value is -1.35. The van der Waals surface area contributed by atoms with E-state index in [0.717, 1.165) is 18.4 Å². The Bertz CT molecular complexity index is 398. The number of aliphatic hydroxyl groups is 1. The fourth-order valence-corrected chi connectivity index (χ4v) is 2.75. The Morgan fingerprint density at radius 3 is 2.58 bits per heavy atom. The van der Waals surface area contributed by atoms with E-state index in [-0.39, 0.29) is 17.9 Å².